The van der Waals surface area contributed by atoms with E-state index >= 15 is 0 Å². The summed E-state index contributed by atoms with van der Waals surface area (Å²) in [5.41, 5.74) is 0.976. The Morgan fingerprint density at radius 3 is 3.17 bits per heavy atom. The van der Waals surface area contributed by atoms with Crippen LogP contribution >= 0.6 is 0 Å². The number of amides is 1. The summed E-state index contributed by atoms with van der Waals surface area (Å²) in [7, 11) is 1.61. The van der Waals surface area contributed by atoms with Crippen molar-refractivity contribution in [3.05, 3.63) is 23.8 Å². The highest BCUT2D eigenvalue weighted by Gasteiger charge is 2.28. The van der Waals surface area contributed by atoms with E-state index in [2.05, 4.69) is 9.97 Å². The van der Waals surface area contributed by atoms with Crippen LogP contribution in [0.1, 0.15) is 30.3 Å². The van der Waals surface area contributed by atoms with Crippen molar-refractivity contribution in [2.24, 2.45) is 0 Å². The van der Waals surface area contributed by atoms with Gasteiger partial charge >= 0.3 is 0 Å². The van der Waals surface area contributed by atoms with Crippen LogP contribution in [0.25, 0.3) is 0 Å². The first-order valence-corrected chi connectivity index (χ1v) is 6.27. The molecule has 0 spiro atoms. The zero-order chi connectivity index (χ0) is 13.0. The van der Waals surface area contributed by atoms with Gasteiger partial charge in [-0.15, -0.1) is 0 Å². The van der Waals surface area contributed by atoms with Crippen LogP contribution in [0.15, 0.2) is 12.3 Å². The minimum atomic E-state index is 0.159. The Kier molecular flexibility index (Phi) is 4.25. The van der Waals surface area contributed by atoms with E-state index in [-0.39, 0.29) is 11.8 Å². The number of nitrogens with zero attached hydrogens (tertiary/aromatic N) is 3. The monoisotopic (exact) mass is 249 g/mol. The topological polar surface area (TPSA) is 55.3 Å². The largest absolute Gasteiger partial charge is 0.384 e. The molecule has 2 rings (SSSR count). The smallest absolute Gasteiger partial charge is 0.224 e. The molecule has 0 unspecified atom stereocenters. The normalized spacial score (nSPS) is 19.2. The fourth-order valence-corrected chi connectivity index (χ4v) is 2.21. The summed E-state index contributed by atoms with van der Waals surface area (Å²) in [6.45, 7) is 3.97. The van der Waals surface area contributed by atoms with Gasteiger partial charge in [-0.3, -0.25) is 4.79 Å². The van der Waals surface area contributed by atoms with Crippen molar-refractivity contribution in [1.29, 1.82) is 0 Å². The molecule has 0 saturated carbocycles. The first kappa shape index (κ1) is 13.0. The maximum atomic E-state index is 11.9. The van der Waals surface area contributed by atoms with E-state index in [1.54, 1.807) is 13.3 Å². The summed E-state index contributed by atoms with van der Waals surface area (Å²) in [5, 5.41) is 0. The molecule has 1 amide bonds. The molecule has 1 aromatic heterocycles. The first-order chi connectivity index (χ1) is 8.70. The number of likely N-dealkylation sites (tertiary alicyclic amines) is 1. The summed E-state index contributed by atoms with van der Waals surface area (Å²) >= 11 is 0. The van der Waals surface area contributed by atoms with Crippen LogP contribution in [0.2, 0.25) is 0 Å². The number of carbonyl (C=O) groups excluding carboxylic acids is 1. The molecule has 1 atom stereocenters. The Morgan fingerprint density at radius 1 is 1.61 bits per heavy atom. The van der Waals surface area contributed by atoms with Gasteiger partial charge in [0.1, 0.15) is 5.82 Å². The second kappa shape index (κ2) is 5.91. The number of hydrogen-bond donors (Lipinski definition) is 0. The minimum absolute atomic E-state index is 0.159. The predicted octanol–water partition coefficient (Wildman–Crippen LogP) is 1.14. The molecule has 1 saturated heterocycles. The molecule has 98 valence electrons. The van der Waals surface area contributed by atoms with E-state index in [4.69, 9.17) is 4.74 Å². The fraction of sp³-hybridized carbons (Fsp3) is 0.615. The molecule has 1 aliphatic rings. The van der Waals surface area contributed by atoms with E-state index < -0.39 is 0 Å². The Balaban J connectivity index is 1.94. The van der Waals surface area contributed by atoms with E-state index in [1.165, 1.54) is 0 Å². The highest BCUT2D eigenvalue weighted by atomic mass is 16.5. The second-order valence-corrected chi connectivity index (χ2v) is 4.62. The number of rotatable bonds is 4. The highest BCUT2D eigenvalue weighted by Crippen LogP contribution is 2.24. The summed E-state index contributed by atoms with van der Waals surface area (Å²) in [6, 6.07) is 1.89. The molecule has 18 heavy (non-hydrogen) atoms. The SMILES string of the molecule is COCCC(=O)N1CC[C@H](c2nccc(C)n2)C1. The number of ether oxygens (including phenoxy) is 1. The van der Waals surface area contributed by atoms with Crippen LogP contribution in [-0.2, 0) is 9.53 Å². The lowest BCUT2D eigenvalue weighted by molar-refractivity contribution is -0.131. The zero-order valence-corrected chi connectivity index (χ0v) is 10.9. The number of methoxy groups -OCH3 is 1. The Morgan fingerprint density at radius 2 is 2.44 bits per heavy atom. The molecule has 1 aromatic rings. The van der Waals surface area contributed by atoms with Crippen LogP contribution in [0.5, 0.6) is 0 Å². The maximum absolute atomic E-state index is 11.9. The lowest BCUT2D eigenvalue weighted by Gasteiger charge is -2.16. The molecule has 2 heterocycles. The van der Waals surface area contributed by atoms with Crippen LogP contribution in [-0.4, -0.2) is 47.6 Å². The van der Waals surface area contributed by atoms with Gasteiger partial charge in [-0.25, -0.2) is 9.97 Å². The molecular weight excluding hydrogens is 230 g/mol. The predicted molar refractivity (Wildman–Crippen MR) is 67.2 cm³/mol. The summed E-state index contributed by atoms with van der Waals surface area (Å²) in [5.74, 6) is 1.29. The van der Waals surface area contributed by atoms with Gasteiger partial charge < -0.3 is 9.64 Å². The summed E-state index contributed by atoms with van der Waals surface area (Å²) in [6.07, 6.45) is 3.19. The lowest BCUT2D eigenvalue weighted by Crippen LogP contribution is -2.29. The Labute approximate surface area is 107 Å². The zero-order valence-electron chi connectivity index (χ0n) is 10.9. The maximum Gasteiger partial charge on any atom is 0.224 e. The minimum Gasteiger partial charge on any atom is -0.384 e. The molecule has 0 aromatic carbocycles. The highest BCUT2D eigenvalue weighted by molar-refractivity contribution is 5.76. The summed E-state index contributed by atoms with van der Waals surface area (Å²) < 4.78 is 4.93. The van der Waals surface area contributed by atoms with E-state index in [9.17, 15) is 4.79 Å². The van der Waals surface area contributed by atoms with Crippen molar-refractivity contribution < 1.29 is 9.53 Å². The quantitative estimate of drug-likeness (QED) is 0.803. The molecule has 5 heteroatoms. The Hall–Kier alpha value is -1.49. The molecule has 0 aliphatic carbocycles. The van der Waals surface area contributed by atoms with Crippen molar-refractivity contribution in [3.63, 3.8) is 0 Å². The van der Waals surface area contributed by atoms with Crippen molar-refractivity contribution in [1.82, 2.24) is 14.9 Å². The van der Waals surface area contributed by atoms with E-state index in [0.717, 1.165) is 31.0 Å². The van der Waals surface area contributed by atoms with Crippen molar-refractivity contribution >= 4 is 5.91 Å². The third-order valence-corrected chi connectivity index (χ3v) is 3.24. The number of carbonyl (C=O) groups is 1. The number of aryl methyl sites for hydroxylation is 1. The van der Waals surface area contributed by atoms with Crippen LogP contribution in [0.4, 0.5) is 0 Å². The Bertz CT molecular complexity index is 422. The fourth-order valence-electron chi connectivity index (χ4n) is 2.21. The number of aromatic nitrogens is 2. The van der Waals surface area contributed by atoms with Gasteiger partial charge in [0.2, 0.25) is 5.91 Å². The molecular formula is C13H19N3O2. The average Bonchev–Trinajstić information content (AvgIpc) is 2.85. The van der Waals surface area contributed by atoms with Gasteiger partial charge in [0.15, 0.2) is 0 Å². The molecule has 1 aliphatic heterocycles. The average molecular weight is 249 g/mol. The van der Waals surface area contributed by atoms with Gasteiger partial charge in [0.25, 0.3) is 0 Å². The van der Waals surface area contributed by atoms with Gasteiger partial charge in [-0.05, 0) is 19.4 Å². The van der Waals surface area contributed by atoms with Gasteiger partial charge in [0, 0.05) is 38.0 Å². The van der Waals surface area contributed by atoms with Crippen molar-refractivity contribution in [3.8, 4) is 0 Å². The van der Waals surface area contributed by atoms with Gasteiger partial charge in [-0.1, -0.05) is 0 Å². The van der Waals surface area contributed by atoms with Gasteiger partial charge in [-0.2, -0.15) is 0 Å². The van der Waals surface area contributed by atoms with E-state index in [1.807, 2.05) is 17.9 Å². The molecule has 5 nitrogen and oxygen atoms in total. The van der Waals surface area contributed by atoms with Crippen LogP contribution in [0.3, 0.4) is 0 Å². The van der Waals surface area contributed by atoms with Crippen molar-refractivity contribution in [2.75, 3.05) is 26.8 Å². The third-order valence-electron chi connectivity index (χ3n) is 3.24. The molecule has 0 bridgehead atoms. The molecule has 0 N–H and O–H groups in total. The van der Waals surface area contributed by atoms with Gasteiger partial charge in [0.05, 0.1) is 13.0 Å². The third kappa shape index (κ3) is 3.04. The number of hydrogen-bond acceptors (Lipinski definition) is 4. The van der Waals surface area contributed by atoms with Crippen LogP contribution in [0, 0.1) is 6.92 Å². The van der Waals surface area contributed by atoms with E-state index in [0.29, 0.717) is 13.0 Å². The van der Waals surface area contributed by atoms with Crippen molar-refractivity contribution in [2.45, 2.75) is 25.7 Å². The standard InChI is InChI=1S/C13H19N3O2/c1-10-3-6-14-13(15-10)11-4-7-16(9-11)12(17)5-8-18-2/h3,6,11H,4-5,7-9H2,1-2H3/t11-/m0/s1. The molecule has 0 radical (unpaired) electrons. The molecule has 1 fully saturated rings. The first-order valence-electron chi connectivity index (χ1n) is 6.27. The van der Waals surface area contributed by atoms with Crippen LogP contribution < -0.4 is 0 Å². The summed E-state index contributed by atoms with van der Waals surface area (Å²) in [4.78, 5) is 22.5. The lowest BCUT2D eigenvalue weighted by atomic mass is 10.1. The second-order valence-electron chi connectivity index (χ2n) is 4.62.